The molecule has 0 radical (unpaired) electrons. The minimum atomic E-state index is -4.53. The minimum Gasteiger partial charge on any atom is -0.494 e. The third-order valence-corrected chi connectivity index (χ3v) is 5.70. The van der Waals surface area contributed by atoms with Crippen molar-refractivity contribution < 1.29 is 17.9 Å². The van der Waals surface area contributed by atoms with Crippen LogP contribution in [-0.2, 0) is 6.18 Å². The Kier molecular flexibility index (Phi) is 6.76. The molecule has 1 aliphatic rings. The highest BCUT2D eigenvalue weighted by Gasteiger charge is 2.37. The van der Waals surface area contributed by atoms with E-state index in [1.807, 2.05) is 0 Å². The monoisotopic (exact) mass is 458 g/mol. The number of ether oxygens (including phenoxy) is 1. The van der Waals surface area contributed by atoms with Gasteiger partial charge in [-0.2, -0.15) is 13.2 Å². The number of hydrogen-bond acceptors (Lipinski definition) is 4. The molecule has 2 heterocycles. The lowest BCUT2D eigenvalue weighted by molar-refractivity contribution is -0.140. The molecule has 5 nitrogen and oxygen atoms in total. The highest BCUT2D eigenvalue weighted by Crippen LogP contribution is 2.37. The SMILES string of the molecule is CC1(C)CN(CCCOc2ccc(-c3nc(-c4ccccc4)c(C(F)(F)F)[nH]3)cc2)CCN1. The Morgan fingerprint density at radius 1 is 1.03 bits per heavy atom. The summed E-state index contributed by atoms with van der Waals surface area (Å²) in [7, 11) is 0. The van der Waals surface area contributed by atoms with Crippen LogP contribution in [0.2, 0.25) is 0 Å². The fourth-order valence-corrected chi connectivity index (χ4v) is 4.14. The molecule has 0 atom stereocenters. The van der Waals surface area contributed by atoms with Crippen LogP contribution in [0.3, 0.4) is 0 Å². The Balaban J connectivity index is 1.38. The van der Waals surface area contributed by atoms with Crippen molar-refractivity contribution in [2.24, 2.45) is 0 Å². The number of H-pyrrole nitrogens is 1. The molecule has 1 aliphatic heterocycles. The van der Waals surface area contributed by atoms with Gasteiger partial charge >= 0.3 is 6.18 Å². The number of aromatic amines is 1. The van der Waals surface area contributed by atoms with Gasteiger partial charge in [-0.05, 0) is 44.5 Å². The molecule has 0 amide bonds. The van der Waals surface area contributed by atoms with Crippen LogP contribution in [-0.4, -0.2) is 53.2 Å². The Morgan fingerprint density at radius 2 is 1.76 bits per heavy atom. The molecule has 8 heteroatoms. The maximum absolute atomic E-state index is 13.6. The van der Waals surface area contributed by atoms with Crippen LogP contribution in [0.4, 0.5) is 13.2 Å². The molecule has 1 fully saturated rings. The highest BCUT2D eigenvalue weighted by atomic mass is 19.4. The molecule has 0 spiro atoms. The van der Waals surface area contributed by atoms with E-state index in [4.69, 9.17) is 4.74 Å². The van der Waals surface area contributed by atoms with Crippen molar-refractivity contribution in [3.63, 3.8) is 0 Å². The van der Waals surface area contributed by atoms with Crippen molar-refractivity contribution in [1.29, 1.82) is 0 Å². The van der Waals surface area contributed by atoms with Gasteiger partial charge in [0.1, 0.15) is 23.0 Å². The second-order valence-corrected chi connectivity index (χ2v) is 8.99. The molecule has 0 saturated carbocycles. The van der Waals surface area contributed by atoms with E-state index >= 15 is 0 Å². The zero-order chi connectivity index (χ0) is 23.5. The number of nitrogens with one attached hydrogen (secondary N) is 2. The van der Waals surface area contributed by atoms with Crippen molar-refractivity contribution >= 4 is 0 Å². The lowest BCUT2D eigenvalue weighted by Gasteiger charge is -2.39. The van der Waals surface area contributed by atoms with E-state index in [0.717, 1.165) is 32.6 Å². The number of nitrogens with zero attached hydrogens (tertiary/aromatic N) is 2. The molecule has 176 valence electrons. The summed E-state index contributed by atoms with van der Waals surface area (Å²) < 4.78 is 46.6. The van der Waals surface area contributed by atoms with Crippen molar-refractivity contribution in [2.75, 3.05) is 32.8 Å². The quantitative estimate of drug-likeness (QED) is 0.477. The summed E-state index contributed by atoms with van der Waals surface area (Å²) >= 11 is 0. The van der Waals surface area contributed by atoms with Gasteiger partial charge in [-0.1, -0.05) is 30.3 Å². The fourth-order valence-electron chi connectivity index (χ4n) is 4.14. The number of piperazine rings is 1. The zero-order valence-electron chi connectivity index (χ0n) is 18.9. The first-order valence-electron chi connectivity index (χ1n) is 11.1. The summed E-state index contributed by atoms with van der Waals surface area (Å²) in [5, 5.41) is 3.50. The van der Waals surface area contributed by atoms with Gasteiger partial charge in [0.25, 0.3) is 0 Å². The van der Waals surface area contributed by atoms with Crippen LogP contribution in [0, 0.1) is 0 Å². The predicted molar refractivity (Wildman–Crippen MR) is 123 cm³/mol. The summed E-state index contributed by atoms with van der Waals surface area (Å²) in [5.74, 6) is 0.860. The van der Waals surface area contributed by atoms with Gasteiger partial charge in [0.05, 0.1) is 6.61 Å². The Morgan fingerprint density at radius 3 is 2.42 bits per heavy atom. The molecule has 2 aromatic carbocycles. The lowest BCUT2D eigenvalue weighted by atomic mass is 10.0. The van der Waals surface area contributed by atoms with Crippen LogP contribution >= 0.6 is 0 Å². The maximum atomic E-state index is 13.6. The first-order valence-corrected chi connectivity index (χ1v) is 11.1. The van der Waals surface area contributed by atoms with Gasteiger partial charge in [0.2, 0.25) is 0 Å². The van der Waals surface area contributed by atoms with Crippen molar-refractivity contribution in [1.82, 2.24) is 20.2 Å². The second-order valence-electron chi connectivity index (χ2n) is 8.99. The number of aromatic nitrogens is 2. The molecule has 4 rings (SSSR count). The lowest BCUT2D eigenvalue weighted by Crippen LogP contribution is -2.57. The Hall–Kier alpha value is -2.84. The van der Waals surface area contributed by atoms with Crippen LogP contribution in [0.15, 0.2) is 54.6 Å². The van der Waals surface area contributed by atoms with Gasteiger partial charge in [-0.15, -0.1) is 0 Å². The van der Waals surface area contributed by atoms with E-state index in [1.54, 1.807) is 54.6 Å². The number of rotatable bonds is 7. The molecule has 0 unspecified atom stereocenters. The standard InChI is InChI=1S/C25H29F3N4O/c1-24(2)17-32(15-13-29-24)14-6-16-33-20-11-9-19(10-12-20)23-30-21(18-7-4-3-5-8-18)22(31-23)25(26,27)28/h3-5,7-12,29H,6,13-17H2,1-2H3,(H,30,31). The number of halogens is 3. The number of hydrogen-bond donors (Lipinski definition) is 2. The Labute approximate surface area is 192 Å². The Bertz CT molecular complexity index is 1050. The van der Waals surface area contributed by atoms with Crippen LogP contribution < -0.4 is 10.1 Å². The van der Waals surface area contributed by atoms with Gasteiger partial charge < -0.3 is 19.9 Å². The van der Waals surface area contributed by atoms with Gasteiger partial charge in [0.15, 0.2) is 0 Å². The van der Waals surface area contributed by atoms with Crippen LogP contribution in [0.5, 0.6) is 5.75 Å². The number of benzene rings is 2. The normalized spacial score (nSPS) is 16.6. The summed E-state index contributed by atoms with van der Waals surface area (Å²) in [5.41, 5.74) is 0.167. The average molecular weight is 459 g/mol. The molecule has 1 aromatic heterocycles. The van der Waals surface area contributed by atoms with E-state index in [2.05, 4.69) is 34.0 Å². The fraction of sp³-hybridized carbons (Fsp3) is 0.400. The summed E-state index contributed by atoms with van der Waals surface area (Å²) in [6.45, 7) is 9.00. The summed E-state index contributed by atoms with van der Waals surface area (Å²) in [6.07, 6.45) is -3.62. The molecule has 3 aromatic rings. The maximum Gasteiger partial charge on any atom is 0.433 e. The van der Waals surface area contributed by atoms with Crippen LogP contribution in [0.1, 0.15) is 26.0 Å². The third-order valence-electron chi connectivity index (χ3n) is 5.70. The van der Waals surface area contributed by atoms with Crippen molar-refractivity contribution in [3.8, 4) is 28.4 Å². The molecule has 0 aliphatic carbocycles. The molecule has 1 saturated heterocycles. The zero-order valence-corrected chi connectivity index (χ0v) is 18.9. The molecule has 2 N–H and O–H groups in total. The second kappa shape index (κ2) is 9.57. The minimum absolute atomic E-state index is 0.102. The average Bonchev–Trinajstić information content (AvgIpc) is 3.23. The smallest absolute Gasteiger partial charge is 0.433 e. The molecular formula is C25H29F3N4O. The topological polar surface area (TPSA) is 53.2 Å². The summed E-state index contributed by atoms with van der Waals surface area (Å²) in [4.78, 5) is 9.16. The molecule has 33 heavy (non-hydrogen) atoms. The first kappa shape index (κ1) is 23.3. The highest BCUT2D eigenvalue weighted by molar-refractivity contribution is 5.68. The van der Waals surface area contributed by atoms with E-state index in [9.17, 15) is 13.2 Å². The van der Waals surface area contributed by atoms with Crippen LogP contribution in [0.25, 0.3) is 22.6 Å². The van der Waals surface area contributed by atoms with Gasteiger partial charge in [0, 0.05) is 42.8 Å². The largest absolute Gasteiger partial charge is 0.494 e. The van der Waals surface area contributed by atoms with E-state index < -0.39 is 11.9 Å². The molecular weight excluding hydrogens is 429 g/mol. The number of alkyl halides is 3. The third kappa shape index (κ3) is 5.94. The van der Waals surface area contributed by atoms with Crippen molar-refractivity contribution in [2.45, 2.75) is 32.0 Å². The van der Waals surface area contributed by atoms with Gasteiger partial charge in [-0.25, -0.2) is 4.98 Å². The molecule has 0 bridgehead atoms. The van der Waals surface area contributed by atoms with E-state index in [1.165, 1.54) is 0 Å². The predicted octanol–water partition coefficient (Wildman–Crippen LogP) is 5.22. The van der Waals surface area contributed by atoms with Gasteiger partial charge in [-0.3, -0.25) is 0 Å². The van der Waals surface area contributed by atoms with Crippen molar-refractivity contribution in [3.05, 3.63) is 60.3 Å². The van der Waals surface area contributed by atoms with E-state index in [0.29, 0.717) is 23.5 Å². The first-order chi connectivity index (χ1) is 15.7. The number of imidazole rings is 1. The van der Waals surface area contributed by atoms with E-state index in [-0.39, 0.29) is 17.1 Å². The summed E-state index contributed by atoms with van der Waals surface area (Å²) in [6, 6.07) is 15.4.